The van der Waals surface area contributed by atoms with Crippen LogP contribution in [0.15, 0.2) is 12.3 Å². The molecule has 0 aromatic heterocycles. The topological polar surface area (TPSA) is 35.2 Å². The average molecular weight is 101 g/mol. The molecule has 0 aliphatic heterocycles. The Morgan fingerprint density at radius 1 is 1.71 bits per heavy atom. The second-order valence-corrected chi connectivity index (χ2v) is 1.09. The third kappa shape index (κ3) is 5.50. The van der Waals surface area contributed by atoms with Crippen molar-refractivity contribution >= 4 is 0 Å². The molecular formula is C5H11NO. The first-order valence-electron chi connectivity index (χ1n) is 2.36. The Morgan fingerprint density at radius 2 is 2.43 bits per heavy atom. The largest absolute Gasteiger partial charge is 0.405 e. The van der Waals surface area contributed by atoms with Gasteiger partial charge in [0, 0.05) is 6.61 Å². The summed E-state index contributed by atoms with van der Waals surface area (Å²) in [6.07, 6.45) is 3.25. The Morgan fingerprint density at radius 3 is 2.86 bits per heavy atom. The van der Waals surface area contributed by atoms with E-state index in [-0.39, 0.29) is 0 Å². The van der Waals surface area contributed by atoms with E-state index in [9.17, 15) is 0 Å². The van der Waals surface area contributed by atoms with E-state index in [4.69, 9.17) is 10.5 Å². The summed E-state index contributed by atoms with van der Waals surface area (Å²) < 4.78 is 4.91. The number of hydrogen-bond donors (Lipinski definition) is 1. The van der Waals surface area contributed by atoms with E-state index in [0.717, 1.165) is 6.61 Å². The molecule has 0 spiro atoms. The molecule has 42 valence electrons. The quantitative estimate of drug-likeness (QED) is 0.525. The van der Waals surface area contributed by atoms with Crippen molar-refractivity contribution in [3.8, 4) is 0 Å². The summed E-state index contributed by atoms with van der Waals surface area (Å²) in [7, 11) is 0. The molecule has 0 saturated heterocycles. The summed E-state index contributed by atoms with van der Waals surface area (Å²) in [6, 6.07) is 0. The van der Waals surface area contributed by atoms with E-state index in [1.54, 1.807) is 6.08 Å². The molecule has 0 aromatic rings. The van der Waals surface area contributed by atoms with E-state index >= 15 is 0 Å². The van der Waals surface area contributed by atoms with Crippen molar-refractivity contribution in [2.45, 2.75) is 6.92 Å². The van der Waals surface area contributed by atoms with Crippen LogP contribution in [0.1, 0.15) is 6.92 Å². The van der Waals surface area contributed by atoms with Crippen LogP contribution >= 0.6 is 0 Å². The van der Waals surface area contributed by atoms with Crippen molar-refractivity contribution in [2.24, 2.45) is 5.73 Å². The lowest BCUT2D eigenvalue weighted by Crippen LogP contribution is -1.89. The minimum Gasteiger partial charge on any atom is -0.405 e. The van der Waals surface area contributed by atoms with Gasteiger partial charge in [0.1, 0.15) is 0 Å². The molecule has 0 saturated carbocycles. The number of ether oxygens (including phenoxy) is 1. The van der Waals surface area contributed by atoms with Crippen LogP contribution in [0.2, 0.25) is 0 Å². The zero-order chi connectivity index (χ0) is 5.54. The summed E-state index contributed by atoms with van der Waals surface area (Å²) in [5.41, 5.74) is 5.01. The maximum atomic E-state index is 5.01. The predicted molar refractivity (Wildman–Crippen MR) is 29.8 cm³/mol. The van der Waals surface area contributed by atoms with Gasteiger partial charge in [-0.1, -0.05) is 0 Å². The number of nitrogens with two attached hydrogens (primary N) is 1. The summed E-state index contributed by atoms with van der Waals surface area (Å²) in [5.74, 6) is 0. The molecule has 2 nitrogen and oxygen atoms in total. The third-order valence-electron chi connectivity index (χ3n) is 0.554. The fraction of sp³-hybridized carbons (Fsp3) is 0.600. The Bertz CT molecular complexity index is 52.0. The molecule has 0 aromatic carbocycles. The van der Waals surface area contributed by atoms with Crippen LogP contribution in [0.25, 0.3) is 0 Å². The maximum absolute atomic E-state index is 5.01. The molecule has 0 aliphatic carbocycles. The minimum atomic E-state index is 0.632. The van der Waals surface area contributed by atoms with E-state index in [2.05, 4.69) is 0 Å². The highest BCUT2D eigenvalue weighted by atomic mass is 16.5. The summed E-state index contributed by atoms with van der Waals surface area (Å²) in [4.78, 5) is 0. The Hall–Kier alpha value is -0.500. The van der Waals surface area contributed by atoms with Crippen molar-refractivity contribution < 1.29 is 4.74 Å². The minimum absolute atomic E-state index is 0.632. The second-order valence-electron chi connectivity index (χ2n) is 1.09. The molecule has 0 rings (SSSR count). The van der Waals surface area contributed by atoms with Crippen LogP contribution in [-0.2, 0) is 4.74 Å². The van der Waals surface area contributed by atoms with E-state index in [1.165, 1.54) is 6.20 Å². The fourth-order valence-corrected chi connectivity index (χ4v) is 0.241. The van der Waals surface area contributed by atoms with Gasteiger partial charge in [-0.25, -0.2) is 0 Å². The van der Waals surface area contributed by atoms with Gasteiger partial charge in [0.2, 0.25) is 0 Å². The number of rotatable bonds is 3. The molecule has 7 heavy (non-hydrogen) atoms. The van der Waals surface area contributed by atoms with Gasteiger partial charge in [-0.15, -0.1) is 0 Å². The van der Waals surface area contributed by atoms with Crippen LogP contribution < -0.4 is 5.73 Å². The molecule has 2 N–H and O–H groups in total. The molecule has 2 heteroatoms. The first-order valence-corrected chi connectivity index (χ1v) is 2.36. The van der Waals surface area contributed by atoms with Gasteiger partial charge >= 0.3 is 0 Å². The molecule has 0 bridgehead atoms. The van der Waals surface area contributed by atoms with Crippen LogP contribution in [-0.4, -0.2) is 13.2 Å². The first kappa shape index (κ1) is 6.50. The van der Waals surface area contributed by atoms with Gasteiger partial charge in [-0.3, -0.25) is 0 Å². The standard InChI is InChI=1S/C5H11NO/c1-2-7-5-3-4-6/h3-4H,2,5-6H2,1H3/b4-3+. The first-order chi connectivity index (χ1) is 3.41. The lowest BCUT2D eigenvalue weighted by atomic mass is 10.6. The van der Waals surface area contributed by atoms with Gasteiger partial charge in [0.05, 0.1) is 6.61 Å². The van der Waals surface area contributed by atoms with Crippen LogP contribution in [0, 0.1) is 0 Å². The van der Waals surface area contributed by atoms with Gasteiger partial charge in [0.15, 0.2) is 0 Å². The van der Waals surface area contributed by atoms with E-state index < -0.39 is 0 Å². The normalized spacial score (nSPS) is 10.4. The lowest BCUT2D eigenvalue weighted by Gasteiger charge is -1.89. The van der Waals surface area contributed by atoms with Gasteiger partial charge in [-0.05, 0) is 19.2 Å². The smallest absolute Gasteiger partial charge is 0.0664 e. The fourth-order valence-electron chi connectivity index (χ4n) is 0.241. The Balaban J connectivity index is 2.69. The highest BCUT2D eigenvalue weighted by Gasteiger charge is 1.70. The van der Waals surface area contributed by atoms with Crippen molar-refractivity contribution in [3.63, 3.8) is 0 Å². The molecule has 0 atom stereocenters. The number of hydrogen-bond acceptors (Lipinski definition) is 2. The van der Waals surface area contributed by atoms with Crippen molar-refractivity contribution in [2.75, 3.05) is 13.2 Å². The summed E-state index contributed by atoms with van der Waals surface area (Å²) >= 11 is 0. The zero-order valence-electron chi connectivity index (χ0n) is 4.55. The molecule has 0 unspecified atom stereocenters. The molecule has 0 radical (unpaired) electrons. The molecular weight excluding hydrogens is 90.1 g/mol. The average Bonchev–Trinajstić information content (AvgIpc) is 1.69. The maximum Gasteiger partial charge on any atom is 0.0664 e. The van der Waals surface area contributed by atoms with Crippen LogP contribution in [0.5, 0.6) is 0 Å². The summed E-state index contributed by atoms with van der Waals surface area (Å²) in [5, 5.41) is 0. The molecule has 0 fully saturated rings. The van der Waals surface area contributed by atoms with Crippen molar-refractivity contribution in [1.82, 2.24) is 0 Å². The molecule has 0 amide bonds. The van der Waals surface area contributed by atoms with E-state index in [0.29, 0.717) is 6.61 Å². The predicted octanol–water partition coefficient (Wildman–Crippen LogP) is 0.495. The second kappa shape index (κ2) is 5.50. The highest BCUT2D eigenvalue weighted by molar-refractivity contribution is 4.74. The zero-order valence-corrected chi connectivity index (χ0v) is 4.55. The van der Waals surface area contributed by atoms with Crippen LogP contribution in [0.4, 0.5) is 0 Å². The van der Waals surface area contributed by atoms with Gasteiger partial charge < -0.3 is 10.5 Å². The summed E-state index contributed by atoms with van der Waals surface area (Å²) in [6.45, 7) is 3.34. The van der Waals surface area contributed by atoms with E-state index in [1.807, 2.05) is 6.92 Å². The van der Waals surface area contributed by atoms with Crippen molar-refractivity contribution in [3.05, 3.63) is 12.3 Å². The third-order valence-corrected chi connectivity index (χ3v) is 0.554. The van der Waals surface area contributed by atoms with Crippen molar-refractivity contribution in [1.29, 1.82) is 0 Å². The Labute approximate surface area is 44.0 Å². The molecule has 0 heterocycles. The lowest BCUT2D eigenvalue weighted by molar-refractivity contribution is 0.177. The SMILES string of the molecule is CCOC/C=C/N. The van der Waals surface area contributed by atoms with Crippen LogP contribution in [0.3, 0.4) is 0 Å². The molecule has 0 aliphatic rings. The Kier molecular flexibility index (Phi) is 5.11. The monoisotopic (exact) mass is 101 g/mol. The highest BCUT2D eigenvalue weighted by Crippen LogP contribution is 1.71. The van der Waals surface area contributed by atoms with Gasteiger partial charge in [-0.2, -0.15) is 0 Å². The van der Waals surface area contributed by atoms with Gasteiger partial charge in [0.25, 0.3) is 0 Å².